The fourth-order valence-electron chi connectivity index (χ4n) is 10.4. The largest absolute Gasteiger partial charge is 0.507 e. The zero-order valence-corrected chi connectivity index (χ0v) is 41.9. The Bertz CT molecular complexity index is 3490. The number of rotatable bonds is 9. The summed E-state index contributed by atoms with van der Waals surface area (Å²) in [5.74, 6) is -2.79. The minimum atomic E-state index is -1.16. The molecule has 4 N–H and O–H groups in total. The van der Waals surface area contributed by atoms with E-state index < -0.39 is 11.9 Å². The number of hydrogen-bond acceptors (Lipinski definition) is 4. The van der Waals surface area contributed by atoms with E-state index in [1.807, 2.05) is 6.92 Å². The predicted molar refractivity (Wildman–Crippen MR) is 283 cm³/mol. The van der Waals surface area contributed by atoms with Gasteiger partial charge < -0.3 is 20.4 Å². The average Bonchev–Trinajstić information content (AvgIpc) is 3.28. The highest BCUT2D eigenvalue weighted by molar-refractivity contribution is 5.94. The van der Waals surface area contributed by atoms with Gasteiger partial charge in [0, 0.05) is 0 Å². The summed E-state index contributed by atoms with van der Waals surface area (Å²) >= 11 is 0. The van der Waals surface area contributed by atoms with E-state index in [9.17, 15) is 30.0 Å². The van der Waals surface area contributed by atoms with Gasteiger partial charge in [-0.15, -0.1) is 0 Å². The molecule has 6 heteroatoms. The van der Waals surface area contributed by atoms with Crippen molar-refractivity contribution in [2.75, 3.05) is 0 Å². The highest BCUT2D eigenvalue weighted by Crippen LogP contribution is 2.43. The van der Waals surface area contributed by atoms with E-state index >= 15 is 0 Å². The number of aromatic hydroxyl groups is 2. The number of benzene rings is 8. The van der Waals surface area contributed by atoms with Crippen LogP contribution < -0.4 is 0 Å². The van der Waals surface area contributed by atoms with Crippen LogP contribution in [-0.4, -0.2) is 32.4 Å². The molecular weight excluding hydrogens is 853 g/mol. The maximum Gasteiger partial charge on any atom is 0.339 e. The van der Waals surface area contributed by atoms with Crippen LogP contribution >= 0.6 is 0 Å². The number of carboxylic acids is 2. The SMILES string of the molecule is Cc1cc(-c2cc(C)c(-c3cc(C)c(-c4cc(C)c(-c5cc(C)c(-c6cc(C)c(-c7cc(O)c(C(=O)O)cc7C)cc6C)cc5C)cc4C)cc3C)cc2C)c(C)cc1-c1ccc(C(=O)O)c(O)c1. The molecule has 0 fully saturated rings. The Morgan fingerprint density at radius 1 is 0.261 bits per heavy atom. The van der Waals surface area contributed by atoms with E-state index in [4.69, 9.17) is 0 Å². The maximum atomic E-state index is 11.6. The van der Waals surface area contributed by atoms with Crippen molar-refractivity contribution < 1.29 is 30.0 Å². The molecule has 0 aliphatic rings. The quantitative estimate of drug-likeness (QED) is 0.115. The smallest absolute Gasteiger partial charge is 0.339 e. The molecule has 0 unspecified atom stereocenters. The summed E-state index contributed by atoms with van der Waals surface area (Å²) in [5.41, 5.74) is 29.9. The Morgan fingerprint density at radius 3 is 0.710 bits per heavy atom. The second kappa shape index (κ2) is 18.1. The Balaban J connectivity index is 1.08. The van der Waals surface area contributed by atoms with Gasteiger partial charge in [-0.2, -0.15) is 0 Å². The second-order valence-electron chi connectivity index (χ2n) is 19.4. The summed E-state index contributed by atoms with van der Waals surface area (Å²) in [5, 5.41) is 39.8. The lowest BCUT2D eigenvalue weighted by molar-refractivity contribution is 0.0682. The molecule has 8 rings (SSSR count). The minimum Gasteiger partial charge on any atom is -0.507 e. The Hall–Kier alpha value is -7.70. The molecule has 0 atom stereocenters. The van der Waals surface area contributed by atoms with Gasteiger partial charge in [0.1, 0.15) is 22.6 Å². The van der Waals surface area contributed by atoms with Crippen LogP contribution in [0.15, 0.2) is 103 Å². The van der Waals surface area contributed by atoms with Crippen LogP contribution in [0.2, 0.25) is 0 Å². The van der Waals surface area contributed by atoms with Gasteiger partial charge in [-0.1, -0.05) is 78.9 Å². The normalized spacial score (nSPS) is 11.3. The monoisotopic (exact) mass is 912 g/mol. The fourth-order valence-corrected chi connectivity index (χ4v) is 10.4. The van der Waals surface area contributed by atoms with Crippen molar-refractivity contribution in [2.24, 2.45) is 0 Å². The van der Waals surface area contributed by atoms with Gasteiger partial charge in [0.05, 0.1) is 0 Å². The van der Waals surface area contributed by atoms with Crippen molar-refractivity contribution >= 4 is 11.9 Å². The number of hydrogen-bond donors (Lipinski definition) is 4. The van der Waals surface area contributed by atoms with E-state index in [0.717, 1.165) is 61.2 Å². The highest BCUT2D eigenvalue weighted by atomic mass is 16.4. The lowest BCUT2D eigenvalue weighted by Gasteiger charge is -2.21. The third-order valence-corrected chi connectivity index (χ3v) is 14.3. The number of carbonyl (C=O) groups is 2. The molecule has 348 valence electrons. The molecule has 69 heavy (non-hydrogen) atoms. The number of carboxylic acid groups (broad SMARTS) is 2. The first-order chi connectivity index (χ1) is 32.5. The molecule has 0 aromatic heterocycles. The first-order valence-electron chi connectivity index (χ1n) is 23.4. The second-order valence-corrected chi connectivity index (χ2v) is 19.4. The fraction of sp³-hybridized carbons (Fsp3) is 0.206. The number of aryl methyl sites for hydroxylation is 13. The minimum absolute atomic E-state index is 0.0970. The molecule has 0 amide bonds. The Morgan fingerprint density at radius 2 is 0.464 bits per heavy atom. The third kappa shape index (κ3) is 8.72. The van der Waals surface area contributed by atoms with Gasteiger partial charge in [0.15, 0.2) is 0 Å². The summed E-state index contributed by atoms with van der Waals surface area (Å²) in [7, 11) is 0. The summed E-state index contributed by atoms with van der Waals surface area (Å²) in [6.07, 6.45) is 0. The first-order valence-corrected chi connectivity index (χ1v) is 23.4. The average molecular weight is 913 g/mol. The number of phenols is 2. The summed E-state index contributed by atoms with van der Waals surface area (Å²) in [6.45, 7) is 27.8. The summed E-state index contributed by atoms with van der Waals surface area (Å²) in [4.78, 5) is 23.1. The molecule has 6 nitrogen and oxygen atoms in total. The van der Waals surface area contributed by atoms with Crippen molar-refractivity contribution in [3.05, 3.63) is 187 Å². The molecule has 0 spiro atoms. The molecule has 0 bridgehead atoms. The lowest BCUT2D eigenvalue weighted by Crippen LogP contribution is -2.00. The van der Waals surface area contributed by atoms with E-state index in [1.54, 1.807) is 12.1 Å². The maximum absolute atomic E-state index is 11.6. The lowest BCUT2D eigenvalue weighted by atomic mass is 9.83. The Labute approximate surface area is 406 Å². The molecule has 0 saturated heterocycles. The van der Waals surface area contributed by atoms with Crippen molar-refractivity contribution in [1.82, 2.24) is 0 Å². The molecule has 0 heterocycles. The van der Waals surface area contributed by atoms with Crippen LogP contribution in [0.4, 0.5) is 0 Å². The molecule has 8 aromatic carbocycles. The van der Waals surface area contributed by atoms with E-state index in [-0.39, 0.29) is 22.6 Å². The van der Waals surface area contributed by atoms with Crippen LogP contribution in [0.3, 0.4) is 0 Å². The van der Waals surface area contributed by atoms with Crippen molar-refractivity contribution in [3.8, 4) is 89.4 Å². The van der Waals surface area contributed by atoms with E-state index in [0.29, 0.717) is 0 Å². The molecule has 0 aliphatic carbocycles. The third-order valence-electron chi connectivity index (χ3n) is 14.3. The van der Waals surface area contributed by atoms with Crippen LogP contribution in [0.25, 0.3) is 77.9 Å². The predicted octanol–water partition coefficient (Wildman–Crippen LogP) is 16.2. The summed E-state index contributed by atoms with van der Waals surface area (Å²) in [6, 6.07) is 35.1. The van der Waals surface area contributed by atoms with Gasteiger partial charge in [-0.05, 0) is 264 Å². The topological polar surface area (TPSA) is 115 Å². The van der Waals surface area contributed by atoms with Crippen LogP contribution in [0.5, 0.6) is 11.5 Å². The summed E-state index contributed by atoms with van der Waals surface area (Å²) < 4.78 is 0. The molecule has 0 aliphatic heterocycles. The Kier molecular flexibility index (Phi) is 12.5. The van der Waals surface area contributed by atoms with E-state index in [1.165, 1.54) is 107 Å². The number of aromatic carboxylic acids is 2. The van der Waals surface area contributed by atoms with Gasteiger partial charge in [-0.25, -0.2) is 9.59 Å². The van der Waals surface area contributed by atoms with Crippen LogP contribution in [0.1, 0.15) is 93.0 Å². The van der Waals surface area contributed by atoms with Gasteiger partial charge >= 0.3 is 11.9 Å². The molecule has 0 radical (unpaired) electrons. The molecule has 0 saturated carbocycles. The molecular formula is C63H60O6. The van der Waals surface area contributed by atoms with Crippen LogP contribution in [0, 0.1) is 90.0 Å². The van der Waals surface area contributed by atoms with Gasteiger partial charge in [-0.3, -0.25) is 0 Å². The molecule has 8 aromatic rings. The van der Waals surface area contributed by atoms with Crippen molar-refractivity contribution in [3.63, 3.8) is 0 Å². The zero-order chi connectivity index (χ0) is 50.1. The van der Waals surface area contributed by atoms with Gasteiger partial charge in [0.2, 0.25) is 0 Å². The standard InChI is InChI=1S/C63H60O6/c1-31-17-47(32(2)16-46(31)44-14-15-45(62(66)67)60(64)29-44)48-18-34(4)49(19-33(48)3)50-20-36(6)51(21-35(50)5)52-22-38(8)53(23-37(52)7)54-24-40(10)55(25-39(54)9)56-26-42(12)57(27-41(56)11)58-30-61(65)59(63(68)69)28-43(58)13/h14-30,64-65H,1-13H3,(H,66,67)(H,68,69). The zero-order valence-electron chi connectivity index (χ0n) is 41.9. The van der Waals surface area contributed by atoms with Crippen molar-refractivity contribution in [1.29, 1.82) is 0 Å². The highest BCUT2D eigenvalue weighted by Gasteiger charge is 2.21. The van der Waals surface area contributed by atoms with Crippen LogP contribution in [-0.2, 0) is 0 Å². The van der Waals surface area contributed by atoms with Gasteiger partial charge in [0.25, 0.3) is 0 Å². The van der Waals surface area contributed by atoms with E-state index in [2.05, 4.69) is 156 Å². The first kappa shape index (κ1) is 47.8. The van der Waals surface area contributed by atoms with Crippen molar-refractivity contribution in [2.45, 2.75) is 90.0 Å².